The molecule has 0 unspecified atom stereocenters. The van der Waals surface area contributed by atoms with Gasteiger partial charge in [0.25, 0.3) is 0 Å². The van der Waals surface area contributed by atoms with E-state index in [-0.39, 0.29) is 0 Å². The SMILES string of the molecule is CC[N]([Sb])CC. The van der Waals surface area contributed by atoms with Crippen molar-refractivity contribution in [2.45, 2.75) is 13.8 Å². The number of hydrogen-bond acceptors (Lipinski definition) is 1. The fraction of sp³-hybridized carbons (Fsp3) is 1.00. The molecule has 0 aliphatic heterocycles. The molecule has 0 amide bonds. The third-order valence-corrected chi connectivity index (χ3v) is 2.34. The zero-order valence-electron chi connectivity index (χ0n) is 4.31. The van der Waals surface area contributed by atoms with Crippen LogP contribution in [0.2, 0.25) is 0 Å². The molecule has 0 rings (SSSR count). The van der Waals surface area contributed by atoms with Gasteiger partial charge in [0, 0.05) is 0 Å². The van der Waals surface area contributed by atoms with E-state index in [1.165, 1.54) is 13.1 Å². The molecule has 0 N–H and O–H groups in total. The van der Waals surface area contributed by atoms with Gasteiger partial charge in [0.15, 0.2) is 0 Å². The summed E-state index contributed by atoms with van der Waals surface area (Å²) in [5.41, 5.74) is 0. The number of hydrogen-bond donors (Lipinski definition) is 0. The van der Waals surface area contributed by atoms with E-state index in [1.54, 1.807) is 23.3 Å². The molecule has 0 aliphatic carbocycles. The molecule has 0 fully saturated rings. The first-order valence-electron chi connectivity index (χ1n) is 2.25. The molecule has 0 spiro atoms. The van der Waals surface area contributed by atoms with Crippen LogP contribution in [0.4, 0.5) is 0 Å². The Balaban J connectivity index is 2.75. The van der Waals surface area contributed by atoms with E-state index < -0.39 is 0 Å². The molecule has 0 aromatic carbocycles. The van der Waals surface area contributed by atoms with Gasteiger partial charge in [-0.15, -0.1) is 0 Å². The normalized spacial score (nSPS) is 10.0. The summed E-state index contributed by atoms with van der Waals surface area (Å²) in [4.78, 5) is 0. The van der Waals surface area contributed by atoms with Crippen LogP contribution in [0.5, 0.6) is 0 Å². The van der Waals surface area contributed by atoms with Crippen molar-refractivity contribution < 1.29 is 0 Å². The Labute approximate surface area is 53.6 Å². The number of rotatable bonds is 2. The molecular weight excluding hydrogens is 184 g/mol. The van der Waals surface area contributed by atoms with Crippen molar-refractivity contribution in [1.82, 2.24) is 3.06 Å². The van der Waals surface area contributed by atoms with Crippen LogP contribution in [-0.4, -0.2) is 39.4 Å². The Hall–Kier alpha value is 0.778. The van der Waals surface area contributed by atoms with Crippen molar-refractivity contribution in [3.63, 3.8) is 0 Å². The third kappa shape index (κ3) is 2.99. The summed E-state index contributed by atoms with van der Waals surface area (Å²) in [7, 11) is 0. The summed E-state index contributed by atoms with van der Waals surface area (Å²) in [5, 5.41) is 0. The van der Waals surface area contributed by atoms with Gasteiger partial charge in [-0.3, -0.25) is 0 Å². The molecule has 1 nitrogen and oxygen atoms in total. The van der Waals surface area contributed by atoms with Crippen molar-refractivity contribution >= 4 is 23.3 Å². The fourth-order valence-corrected chi connectivity index (χ4v) is 0.224. The molecular formula is C4H10NSb. The molecule has 0 aromatic heterocycles. The molecule has 0 saturated heterocycles. The van der Waals surface area contributed by atoms with Crippen LogP contribution in [0.1, 0.15) is 13.8 Å². The predicted molar refractivity (Wildman–Crippen MR) is 28.7 cm³/mol. The van der Waals surface area contributed by atoms with Gasteiger partial charge in [-0.25, -0.2) is 0 Å². The summed E-state index contributed by atoms with van der Waals surface area (Å²) in [6.45, 7) is 6.71. The van der Waals surface area contributed by atoms with E-state index in [0.717, 1.165) is 0 Å². The molecule has 0 aliphatic rings. The van der Waals surface area contributed by atoms with Gasteiger partial charge in [0.05, 0.1) is 0 Å². The van der Waals surface area contributed by atoms with Crippen LogP contribution >= 0.6 is 0 Å². The summed E-state index contributed by atoms with van der Waals surface area (Å²) in [6, 6.07) is 0. The molecule has 0 saturated carbocycles. The first-order chi connectivity index (χ1) is 2.81. The summed E-state index contributed by atoms with van der Waals surface area (Å²) in [6.07, 6.45) is 0. The van der Waals surface area contributed by atoms with Crippen molar-refractivity contribution in [2.75, 3.05) is 13.1 Å². The Kier molecular flexibility index (Phi) is 4.46. The standard InChI is InChI=1S/C4H10N.Sb/c1-3-5-4-2;/h3-4H2,1-2H3;/q-1;+1. The zero-order valence-corrected chi connectivity index (χ0v) is 6.86. The van der Waals surface area contributed by atoms with E-state index in [9.17, 15) is 0 Å². The Morgan fingerprint density at radius 1 is 1.33 bits per heavy atom. The predicted octanol–water partition coefficient (Wildman–Crippen LogP) is 0.412. The third-order valence-electron chi connectivity index (χ3n) is 0.730. The Morgan fingerprint density at radius 3 is 1.67 bits per heavy atom. The molecule has 0 atom stereocenters. The van der Waals surface area contributed by atoms with Gasteiger partial charge >= 0.3 is 53.3 Å². The summed E-state index contributed by atoms with van der Waals surface area (Å²) < 4.78 is 2.30. The quantitative estimate of drug-likeness (QED) is 0.575. The minimum absolute atomic E-state index is 1.19. The van der Waals surface area contributed by atoms with Crippen LogP contribution in [0, 0.1) is 0 Å². The first-order valence-corrected chi connectivity index (χ1v) is 3.39. The van der Waals surface area contributed by atoms with E-state index in [0.29, 0.717) is 0 Å². The monoisotopic (exact) mass is 193 g/mol. The average Bonchev–Trinajstić information content (AvgIpc) is 1.65. The van der Waals surface area contributed by atoms with E-state index in [4.69, 9.17) is 0 Å². The average molecular weight is 194 g/mol. The van der Waals surface area contributed by atoms with Gasteiger partial charge in [0.1, 0.15) is 0 Å². The molecule has 2 heteroatoms. The summed E-state index contributed by atoms with van der Waals surface area (Å²) >= 11 is 1.79. The topological polar surface area (TPSA) is 3.24 Å². The van der Waals surface area contributed by atoms with E-state index >= 15 is 0 Å². The maximum absolute atomic E-state index is 2.30. The van der Waals surface area contributed by atoms with E-state index in [2.05, 4.69) is 16.9 Å². The summed E-state index contributed by atoms with van der Waals surface area (Å²) in [5.74, 6) is 0. The van der Waals surface area contributed by atoms with Crippen LogP contribution in [-0.2, 0) is 0 Å². The molecule has 2 radical (unpaired) electrons. The van der Waals surface area contributed by atoms with Crippen molar-refractivity contribution in [2.24, 2.45) is 0 Å². The molecule has 0 bridgehead atoms. The minimum atomic E-state index is 1.19. The molecule has 0 heterocycles. The van der Waals surface area contributed by atoms with Crippen LogP contribution in [0.25, 0.3) is 0 Å². The van der Waals surface area contributed by atoms with Crippen LogP contribution in [0.3, 0.4) is 0 Å². The van der Waals surface area contributed by atoms with Crippen LogP contribution < -0.4 is 0 Å². The molecule has 36 valence electrons. The van der Waals surface area contributed by atoms with Crippen molar-refractivity contribution in [3.05, 3.63) is 0 Å². The first kappa shape index (κ1) is 6.78. The second kappa shape index (κ2) is 3.95. The molecule has 0 aromatic rings. The number of nitrogens with zero attached hydrogens (tertiary/aromatic N) is 1. The van der Waals surface area contributed by atoms with Gasteiger partial charge in [-0.05, 0) is 0 Å². The second-order valence-electron chi connectivity index (χ2n) is 1.14. The fourth-order valence-electron chi connectivity index (χ4n) is 0.224. The Morgan fingerprint density at radius 2 is 1.67 bits per heavy atom. The van der Waals surface area contributed by atoms with Crippen molar-refractivity contribution in [1.29, 1.82) is 0 Å². The van der Waals surface area contributed by atoms with Gasteiger partial charge in [-0.2, -0.15) is 0 Å². The van der Waals surface area contributed by atoms with Gasteiger partial charge in [0.2, 0.25) is 0 Å². The van der Waals surface area contributed by atoms with Crippen LogP contribution in [0.15, 0.2) is 0 Å². The molecule has 6 heavy (non-hydrogen) atoms. The second-order valence-corrected chi connectivity index (χ2v) is 2.75. The Bertz CT molecular complexity index is 26.7. The van der Waals surface area contributed by atoms with Crippen molar-refractivity contribution in [3.8, 4) is 0 Å². The van der Waals surface area contributed by atoms with E-state index in [1.807, 2.05) is 0 Å². The van der Waals surface area contributed by atoms with Gasteiger partial charge in [-0.1, -0.05) is 0 Å². The maximum atomic E-state index is 2.30. The van der Waals surface area contributed by atoms with Gasteiger partial charge < -0.3 is 0 Å². The zero-order chi connectivity index (χ0) is 4.99.